The number of nitrogens with one attached hydrogen (secondary N) is 2. The molecule has 0 unspecified atom stereocenters. The van der Waals surface area contributed by atoms with Crippen molar-refractivity contribution in [2.75, 3.05) is 73.1 Å². The molecular weight excluding hydrogens is 264 g/mol. The number of hydrogen-bond acceptors (Lipinski definition) is 7. The maximum Gasteiger partial charge on any atom is 0.0701 e. The Bertz CT molecular complexity index is 157. The van der Waals surface area contributed by atoms with Crippen LogP contribution in [0.4, 0.5) is 0 Å². The number of aliphatic hydroxyl groups is 1. The highest BCUT2D eigenvalue weighted by molar-refractivity contribution is 4.40. The van der Waals surface area contributed by atoms with Gasteiger partial charge in [-0.15, -0.1) is 0 Å². The van der Waals surface area contributed by atoms with Crippen molar-refractivity contribution in [2.45, 2.75) is 12.8 Å². The molecule has 0 fully saturated rings. The average Bonchev–Trinajstić information content (AvgIpc) is 2.47. The largest absolute Gasteiger partial charge is 0.394 e. The lowest BCUT2D eigenvalue weighted by Crippen LogP contribution is -2.31. The molecule has 0 saturated carbocycles. The van der Waals surface area contributed by atoms with E-state index in [0.717, 1.165) is 32.6 Å². The van der Waals surface area contributed by atoms with E-state index in [1.807, 2.05) is 7.05 Å². The van der Waals surface area contributed by atoms with Gasteiger partial charge in [-0.1, -0.05) is 0 Å². The monoisotopic (exact) mass is 294 g/mol. The molecule has 0 heterocycles. The molecule has 122 valence electrons. The molecule has 0 atom stereocenters. The van der Waals surface area contributed by atoms with Crippen molar-refractivity contribution in [3.8, 4) is 0 Å². The summed E-state index contributed by atoms with van der Waals surface area (Å²) < 4.78 is 21.2. The van der Waals surface area contributed by atoms with Crippen molar-refractivity contribution < 1.29 is 24.1 Å². The van der Waals surface area contributed by atoms with E-state index >= 15 is 0 Å². The van der Waals surface area contributed by atoms with Gasteiger partial charge in [0.1, 0.15) is 0 Å². The van der Waals surface area contributed by atoms with Gasteiger partial charge in [0.2, 0.25) is 0 Å². The molecule has 0 aliphatic heterocycles. The van der Waals surface area contributed by atoms with Gasteiger partial charge in [-0.3, -0.25) is 10.9 Å². The third-order valence-electron chi connectivity index (χ3n) is 2.36. The fourth-order valence-electron chi connectivity index (χ4n) is 1.36. The van der Waals surface area contributed by atoms with Gasteiger partial charge in [0.15, 0.2) is 0 Å². The van der Waals surface area contributed by atoms with E-state index in [0.29, 0.717) is 39.6 Å². The Labute approximate surface area is 121 Å². The Kier molecular flexibility index (Phi) is 18.5. The summed E-state index contributed by atoms with van der Waals surface area (Å²) in [7, 11) is 1.83. The Balaban J connectivity index is 2.89. The number of unbranched alkanes of at least 4 members (excludes halogenated alkanes) is 1. The Morgan fingerprint density at radius 3 is 1.70 bits per heavy atom. The average molecular weight is 294 g/mol. The summed E-state index contributed by atoms with van der Waals surface area (Å²) in [6, 6.07) is 0. The summed E-state index contributed by atoms with van der Waals surface area (Å²) in [6.07, 6.45) is 1.96. The maximum absolute atomic E-state index is 8.49. The highest BCUT2D eigenvalue weighted by atomic mass is 16.5. The van der Waals surface area contributed by atoms with Crippen molar-refractivity contribution in [1.82, 2.24) is 10.9 Å². The van der Waals surface area contributed by atoms with Gasteiger partial charge in [0.05, 0.1) is 46.2 Å². The van der Waals surface area contributed by atoms with E-state index in [1.165, 1.54) is 0 Å². The van der Waals surface area contributed by atoms with Crippen LogP contribution in [0.1, 0.15) is 12.8 Å². The molecule has 0 saturated heterocycles. The first-order valence-electron chi connectivity index (χ1n) is 7.23. The molecule has 0 bridgehead atoms. The lowest BCUT2D eigenvalue weighted by molar-refractivity contribution is 0.0261. The standard InChI is InChI=1S/C13H30N2O5/c1-14-15-4-8-19-12-10-17-6-2-3-7-18-11-13-20-9-5-16/h14-16H,2-13H2,1H3. The molecule has 3 N–H and O–H groups in total. The molecule has 0 aliphatic rings. The van der Waals surface area contributed by atoms with Crippen molar-refractivity contribution in [2.24, 2.45) is 0 Å². The van der Waals surface area contributed by atoms with Gasteiger partial charge in [0.25, 0.3) is 0 Å². The Hall–Kier alpha value is -0.280. The summed E-state index contributed by atoms with van der Waals surface area (Å²) in [4.78, 5) is 0. The fraction of sp³-hybridized carbons (Fsp3) is 1.00. The molecule has 0 spiro atoms. The maximum atomic E-state index is 8.49. The zero-order chi connectivity index (χ0) is 14.7. The fourth-order valence-corrected chi connectivity index (χ4v) is 1.36. The Morgan fingerprint density at radius 1 is 0.700 bits per heavy atom. The van der Waals surface area contributed by atoms with Crippen LogP contribution in [0.5, 0.6) is 0 Å². The van der Waals surface area contributed by atoms with E-state index in [4.69, 9.17) is 24.1 Å². The summed E-state index contributed by atoms with van der Waals surface area (Å²) in [5.74, 6) is 0. The third-order valence-corrected chi connectivity index (χ3v) is 2.36. The summed E-state index contributed by atoms with van der Waals surface area (Å²) in [6.45, 7) is 5.75. The summed E-state index contributed by atoms with van der Waals surface area (Å²) >= 11 is 0. The minimum Gasteiger partial charge on any atom is -0.394 e. The van der Waals surface area contributed by atoms with Crippen molar-refractivity contribution in [1.29, 1.82) is 0 Å². The SMILES string of the molecule is CNNCCOCCOCCCCOCCOCCO. The van der Waals surface area contributed by atoms with Crippen LogP contribution in [-0.4, -0.2) is 78.2 Å². The highest BCUT2D eigenvalue weighted by Gasteiger charge is 1.93. The second kappa shape index (κ2) is 18.7. The zero-order valence-electron chi connectivity index (χ0n) is 12.6. The summed E-state index contributed by atoms with van der Waals surface area (Å²) in [5, 5.41) is 8.49. The minimum atomic E-state index is 0.0626. The van der Waals surface area contributed by atoms with Crippen LogP contribution in [0, 0.1) is 0 Å². The first kappa shape index (κ1) is 19.7. The topological polar surface area (TPSA) is 81.2 Å². The molecule has 7 heteroatoms. The first-order chi connectivity index (χ1) is 9.91. The van der Waals surface area contributed by atoms with Gasteiger partial charge in [-0.25, -0.2) is 0 Å². The first-order valence-corrected chi connectivity index (χ1v) is 7.23. The summed E-state index contributed by atoms with van der Waals surface area (Å²) in [5.41, 5.74) is 5.77. The van der Waals surface area contributed by atoms with Gasteiger partial charge >= 0.3 is 0 Å². The number of hydrazine groups is 1. The normalized spacial score (nSPS) is 11.1. The van der Waals surface area contributed by atoms with Crippen LogP contribution in [0.15, 0.2) is 0 Å². The van der Waals surface area contributed by atoms with E-state index in [1.54, 1.807) is 0 Å². The second-order valence-electron chi connectivity index (χ2n) is 4.06. The van der Waals surface area contributed by atoms with Crippen molar-refractivity contribution >= 4 is 0 Å². The van der Waals surface area contributed by atoms with E-state index in [9.17, 15) is 0 Å². The predicted octanol–water partition coefficient (Wildman–Crippen LogP) is -0.451. The molecule has 7 nitrogen and oxygen atoms in total. The lowest BCUT2D eigenvalue weighted by atomic mass is 10.3. The van der Waals surface area contributed by atoms with Gasteiger partial charge in [-0.2, -0.15) is 0 Å². The van der Waals surface area contributed by atoms with Crippen LogP contribution >= 0.6 is 0 Å². The molecule has 0 aliphatic carbocycles. The van der Waals surface area contributed by atoms with Crippen molar-refractivity contribution in [3.05, 3.63) is 0 Å². The third kappa shape index (κ3) is 17.7. The molecule has 0 rings (SSSR count). The quantitative estimate of drug-likeness (QED) is 0.248. The molecule has 0 amide bonds. The van der Waals surface area contributed by atoms with Crippen LogP contribution in [0.2, 0.25) is 0 Å². The van der Waals surface area contributed by atoms with E-state index < -0.39 is 0 Å². The molecule has 0 aromatic heterocycles. The van der Waals surface area contributed by atoms with E-state index in [2.05, 4.69) is 10.9 Å². The molecule has 0 aromatic rings. The van der Waals surface area contributed by atoms with E-state index in [-0.39, 0.29) is 6.61 Å². The van der Waals surface area contributed by atoms with Crippen LogP contribution < -0.4 is 10.9 Å². The highest BCUT2D eigenvalue weighted by Crippen LogP contribution is 1.92. The van der Waals surface area contributed by atoms with Gasteiger partial charge < -0.3 is 24.1 Å². The number of ether oxygens (including phenoxy) is 4. The van der Waals surface area contributed by atoms with Crippen LogP contribution in [-0.2, 0) is 18.9 Å². The number of hydrogen-bond donors (Lipinski definition) is 3. The minimum absolute atomic E-state index is 0.0626. The second-order valence-corrected chi connectivity index (χ2v) is 4.06. The van der Waals surface area contributed by atoms with Gasteiger partial charge in [0, 0.05) is 19.8 Å². The smallest absolute Gasteiger partial charge is 0.0701 e. The predicted molar refractivity (Wildman–Crippen MR) is 76.7 cm³/mol. The molecular formula is C13H30N2O5. The number of rotatable bonds is 17. The van der Waals surface area contributed by atoms with Crippen LogP contribution in [0.25, 0.3) is 0 Å². The Morgan fingerprint density at radius 2 is 1.20 bits per heavy atom. The lowest BCUT2D eigenvalue weighted by Gasteiger charge is -2.07. The number of aliphatic hydroxyl groups excluding tert-OH is 1. The van der Waals surface area contributed by atoms with Crippen molar-refractivity contribution in [3.63, 3.8) is 0 Å². The zero-order valence-corrected chi connectivity index (χ0v) is 12.6. The molecule has 0 aromatic carbocycles. The van der Waals surface area contributed by atoms with Gasteiger partial charge in [-0.05, 0) is 19.9 Å². The van der Waals surface area contributed by atoms with Crippen LogP contribution in [0.3, 0.4) is 0 Å². The molecule has 20 heavy (non-hydrogen) atoms. The molecule has 0 radical (unpaired) electrons.